The van der Waals surface area contributed by atoms with Gasteiger partial charge in [0, 0.05) is 5.56 Å². The second kappa shape index (κ2) is 5.00. The third-order valence-electron chi connectivity index (χ3n) is 2.48. The quantitative estimate of drug-likeness (QED) is 0.785. The molecule has 0 saturated carbocycles. The molecule has 1 heterocycles. The van der Waals surface area contributed by atoms with E-state index in [0.717, 1.165) is 12.0 Å². The lowest BCUT2D eigenvalue weighted by Gasteiger charge is -2.04. The average Bonchev–Trinajstić information content (AvgIpc) is 2.81. The molecule has 1 aromatic heterocycles. The second-order valence-corrected chi connectivity index (χ2v) is 3.71. The maximum atomic E-state index is 13.2. The van der Waals surface area contributed by atoms with Crippen molar-refractivity contribution in [1.82, 2.24) is 4.98 Å². The van der Waals surface area contributed by atoms with Crippen molar-refractivity contribution >= 4 is 5.97 Å². The average molecular weight is 249 g/mol. The molecule has 0 atom stereocenters. The van der Waals surface area contributed by atoms with Crippen molar-refractivity contribution in [3.8, 4) is 11.3 Å². The zero-order chi connectivity index (χ0) is 13.1. The molecule has 0 saturated heterocycles. The summed E-state index contributed by atoms with van der Waals surface area (Å²) in [5.74, 6) is -0.753. The lowest BCUT2D eigenvalue weighted by Crippen LogP contribution is -2.06. The Balaban J connectivity index is 2.48. The van der Waals surface area contributed by atoms with E-state index < -0.39 is 11.8 Å². The molecular formula is C13H12FNO3. The molecule has 0 radical (unpaired) electrons. The smallest absolute Gasteiger partial charge is 0.360 e. The van der Waals surface area contributed by atoms with E-state index in [-0.39, 0.29) is 18.1 Å². The summed E-state index contributed by atoms with van der Waals surface area (Å²) in [7, 11) is 0. The Bertz CT molecular complexity index is 577. The molecule has 0 unspecified atom stereocenters. The maximum absolute atomic E-state index is 13.2. The topological polar surface area (TPSA) is 52.3 Å². The van der Waals surface area contributed by atoms with E-state index in [9.17, 15) is 9.18 Å². The van der Waals surface area contributed by atoms with Gasteiger partial charge in [0.15, 0.2) is 17.8 Å². The fraction of sp³-hybridized carbons (Fsp3) is 0.231. The number of aromatic nitrogens is 1. The minimum Gasteiger partial charge on any atom is -0.461 e. The number of hydrogen-bond donors (Lipinski definition) is 0. The molecule has 0 fully saturated rings. The van der Waals surface area contributed by atoms with Crippen molar-refractivity contribution in [3.05, 3.63) is 41.7 Å². The van der Waals surface area contributed by atoms with Crippen molar-refractivity contribution < 1.29 is 18.3 Å². The standard InChI is InChI=1S/C13H12FNO3/c1-3-17-13(16)11-12(18-7-15-11)10-6-9(14)5-4-8(10)2/h4-7H,3H2,1-2H3. The predicted octanol–water partition coefficient (Wildman–Crippen LogP) is 2.97. The van der Waals surface area contributed by atoms with Crippen LogP contribution in [0.15, 0.2) is 29.0 Å². The maximum Gasteiger partial charge on any atom is 0.360 e. The van der Waals surface area contributed by atoms with Gasteiger partial charge in [0.25, 0.3) is 0 Å². The summed E-state index contributed by atoms with van der Waals surface area (Å²) in [4.78, 5) is 15.5. The van der Waals surface area contributed by atoms with Gasteiger partial charge in [-0.15, -0.1) is 0 Å². The number of nitrogens with zero attached hydrogens (tertiary/aromatic N) is 1. The number of rotatable bonds is 3. The van der Waals surface area contributed by atoms with Gasteiger partial charge in [-0.1, -0.05) is 6.07 Å². The predicted molar refractivity (Wildman–Crippen MR) is 62.6 cm³/mol. The van der Waals surface area contributed by atoms with Crippen molar-refractivity contribution in [2.45, 2.75) is 13.8 Å². The highest BCUT2D eigenvalue weighted by atomic mass is 19.1. The van der Waals surface area contributed by atoms with Crippen LogP contribution in [0.25, 0.3) is 11.3 Å². The first-order valence-corrected chi connectivity index (χ1v) is 5.50. The lowest BCUT2D eigenvalue weighted by atomic mass is 10.1. The number of esters is 1. The number of oxazole rings is 1. The van der Waals surface area contributed by atoms with Crippen LogP contribution in [-0.2, 0) is 4.74 Å². The Hall–Kier alpha value is -2.17. The number of hydrogen-bond acceptors (Lipinski definition) is 4. The molecule has 2 aromatic rings. The van der Waals surface area contributed by atoms with Crippen molar-refractivity contribution in [2.24, 2.45) is 0 Å². The zero-order valence-corrected chi connectivity index (χ0v) is 10.1. The molecule has 0 aliphatic heterocycles. The summed E-state index contributed by atoms with van der Waals surface area (Å²) in [6.07, 6.45) is 1.14. The third kappa shape index (κ3) is 2.25. The van der Waals surface area contributed by atoms with Gasteiger partial charge in [0.2, 0.25) is 0 Å². The fourth-order valence-electron chi connectivity index (χ4n) is 1.62. The molecule has 4 nitrogen and oxygen atoms in total. The lowest BCUT2D eigenvalue weighted by molar-refractivity contribution is 0.0520. The van der Waals surface area contributed by atoms with Crippen LogP contribution in [0.4, 0.5) is 4.39 Å². The van der Waals surface area contributed by atoms with Crippen LogP contribution in [0, 0.1) is 12.7 Å². The van der Waals surface area contributed by atoms with Crippen LogP contribution in [0.5, 0.6) is 0 Å². The molecule has 2 rings (SSSR count). The van der Waals surface area contributed by atoms with E-state index in [1.165, 1.54) is 12.1 Å². The van der Waals surface area contributed by atoms with Gasteiger partial charge in [-0.05, 0) is 31.5 Å². The molecule has 18 heavy (non-hydrogen) atoms. The molecule has 94 valence electrons. The van der Waals surface area contributed by atoms with E-state index in [0.29, 0.717) is 5.56 Å². The summed E-state index contributed by atoms with van der Waals surface area (Å²) < 4.78 is 23.3. The number of carbonyl (C=O) groups is 1. The highest BCUT2D eigenvalue weighted by Gasteiger charge is 2.20. The molecular weight excluding hydrogens is 237 g/mol. The molecule has 0 amide bonds. The molecule has 0 aliphatic carbocycles. The van der Waals surface area contributed by atoms with E-state index in [2.05, 4.69) is 4.98 Å². The van der Waals surface area contributed by atoms with E-state index in [4.69, 9.17) is 9.15 Å². The Morgan fingerprint density at radius 2 is 2.28 bits per heavy atom. The molecule has 0 spiro atoms. The monoisotopic (exact) mass is 249 g/mol. The van der Waals surface area contributed by atoms with Crippen LogP contribution in [0.2, 0.25) is 0 Å². The Labute approximate surface area is 103 Å². The Morgan fingerprint density at radius 1 is 1.50 bits per heavy atom. The van der Waals surface area contributed by atoms with Gasteiger partial charge in [0.1, 0.15) is 5.82 Å². The Kier molecular flexibility index (Phi) is 3.41. The number of carbonyl (C=O) groups excluding carboxylic acids is 1. The summed E-state index contributed by atoms with van der Waals surface area (Å²) >= 11 is 0. The third-order valence-corrected chi connectivity index (χ3v) is 2.48. The summed E-state index contributed by atoms with van der Waals surface area (Å²) in [6.45, 7) is 3.74. The van der Waals surface area contributed by atoms with Gasteiger partial charge in [0.05, 0.1) is 6.61 Å². The molecule has 0 aliphatic rings. The van der Waals surface area contributed by atoms with E-state index >= 15 is 0 Å². The summed E-state index contributed by atoms with van der Waals surface area (Å²) in [5, 5.41) is 0. The van der Waals surface area contributed by atoms with Crippen LogP contribution >= 0.6 is 0 Å². The molecule has 5 heteroatoms. The first-order chi connectivity index (χ1) is 8.63. The number of aryl methyl sites for hydroxylation is 1. The minimum absolute atomic E-state index is 0.0607. The van der Waals surface area contributed by atoms with E-state index in [1.807, 2.05) is 0 Å². The first kappa shape index (κ1) is 12.3. The van der Waals surface area contributed by atoms with Crippen molar-refractivity contribution in [2.75, 3.05) is 6.61 Å². The minimum atomic E-state index is -0.579. The highest BCUT2D eigenvalue weighted by Crippen LogP contribution is 2.27. The molecule has 1 aromatic carbocycles. The van der Waals surface area contributed by atoms with Gasteiger partial charge in [-0.2, -0.15) is 0 Å². The second-order valence-electron chi connectivity index (χ2n) is 3.71. The SMILES string of the molecule is CCOC(=O)c1ncoc1-c1cc(F)ccc1C. The zero-order valence-electron chi connectivity index (χ0n) is 10.1. The number of benzene rings is 1. The number of halogens is 1. The van der Waals surface area contributed by atoms with Gasteiger partial charge in [-0.3, -0.25) is 0 Å². The fourth-order valence-corrected chi connectivity index (χ4v) is 1.62. The van der Waals surface area contributed by atoms with Crippen LogP contribution in [0.3, 0.4) is 0 Å². The number of ether oxygens (including phenoxy) is 1. The van der Waals surface area contributed by atoms with E-state index in [1.54, 1.807) is 19.9 Å². The summed E-state index contributed by atoms with van der Waals surface area (Å²) in [5.41, 5.74) is 1.35. The van der Waals surface area contributed by atoms with Crippen LogP contribution < -0.4 is 0 Å². The molecule has 0 bridgehead atoms. The van der Waals surface area contributed by atoms with Crippen molar-refractivity contribution in [3.63, 3.8) is 0 Å². The normalized spacial score (nSPS) is 10.4. The summed E-state index contributed by atoms with van der Waals surface area (Å²) in [6, 6.07) is 4.26. The highest BCUT2D eigenvalue weighted by molar-refractivity contribution is 5.93. The first-order valence-electron chi connectivity index (χ1n) is 5.50. The van der Waals surface area contributed by atoms with Crippen molar-refractivity contribution in [1.29, 1.82) is 0 Å². The van der Waals surface area contributed by atoms with Gasteiger partial charge in [-0.25, -0.2) is 14.2 Å². The van der Waals surface area contributed by atoms with Crippen LogP contribution in [-0.4, -0.2) is 17.6 Å². The van der Waals surface area contributed by atoms with Crippen LogP contribution in [0.1, 0.15) is 23.0 Å². The van der Waals surface area contributed by atoms with Gasteiger partial charge < -0.3 is 9.15 Å². The molecule has 0 N–H and O–H groups in total. The van der Waals surface area contributed by atoms with Gasteiger partial charge >= 0.3 is 5.97 Å². The largest absolute Gasteiger partial charge is 0.461 e. The Morgan fingerprint density at radius 3 is 3.00 bits per heavy atom.